The van der Waals surface area contributed by atoms with E-state index in [1.54, 1.807) is 17.1 Å². The Morgan fingerprint density at radius 3 is 2.95 bits per heavy atom. The average molecular weight is 326 g/mol. The lowest BCUT2D eigenvalue weighted by Gasteiger charge is -2.05. The van der Waals surface area contributed by atoms with Gasteiger partial charge in [-0.05, 0) is 35.3 Å². The van der Waals surface area contributed by atoms with Crippen LogP contribution in [0.25, 0.3) is 0 Å². The first-order chi connectivity index (χ1) is 9.15. The second-order valence-corrected chi connectivity index (χ2v) is 5.09. The molecule has 1 N–H and O–H groups in total. The minimum atomic E-state index is -0.0320. The molecular weight excluding hydrogens is 310 g/mol. The van der Waals surface area contributed by atoms with Gasteiger partial charge in [0.25, 0.3) is 0 Å². The van der Waals surface area contributed by atoms with Gasteiger partial charge in [-0.1, -0.05) is 0 Å². The maximum Gasteiger partial charge on any atom is 0.241 e. The van der Waals surface area contributed by atoms with Gasteiger partial charge in [-0.15, -0.1) is 0 Å². The van der Waals surface area contributed by atoms with Crippen molar-refractivity contribution in [3.8, 4) is 0 Å². The van der Waals surface area contributed by atoms with E-state index in [1.165, 1.54) is 0 Å². The number of aromatic nitrogens is 4. The Morgan fingerprint density at radius 2 is 2.32 bits per heavy atom. The fourth-order valence-corrected chi connectivity index (χ4v) is 1.99. The number of amides is 1. The first-order valence-electron chi connectivity index (χ1n) is 6.09. The van der Waals surface area contributed by atoms with Crippen LogP contribution in [0.15, 0.2) is 29.1 Å². The highest BCUT2D eigenvalue weighted by molar-refractivity contribution is 9.10. The lowest BCUT2D eigenvalue weighted by Crippen LogP contribution is -2.29. The Labute approximate surface area is 119 Å². The van der Waals surface area contributed by atoms with Crippen molar-refractivity contribution in [1.82, 2.24) is 24.9 Å². The van der Waals surface area contributed by atoms with E-state index in [-0.39, 0.29) is 12.5 Å². The van der Waals surface area contributed by atoms with Crippen molar-refractivity contribution in [2.24, 2.45) is 0 Å². The third-order valence-electron chi connectivity index (χ3n) is 2.64. The number of rotatable bonds is 6. The van der Waals surface area contributed by atoms with Crippen LogP contribution in [0.3, 0.4) is 0 Å². The van der Waals surface area contributed by atoms with Crippen LogP contribution < -0.4 is 5.32 Å². The van der Waals surface area contributed by atoms with E-state index >= 15 is 0 Å². The molecular formula is C12H16BrN5O. The minimum Gasteiger partial charge on any atom is -0.354 e. The van der Waals surface area contributed by atoms with Crippen molar-refractivity contribution in [2.45, 2.75) is 26.4 Å². The Kier molecular flexibility index (Phi) is 4.73. The second-order valence-electron chi connectivity index (χ2n) is 4.23. The van der Waals surface area contributed by atoms with Gasteiger partial charge in [0.1, 0.15) is 6.54 Å². The van der Waals surface area contributed by atoms with E-state index in [9.17, 15) is 4.79 Å². The van der Waals surface area contributed by atoms with Gasteiger partial charge in [-0.25, -0.2) is 0 Å². The summed E-state index contributed by atoms with van der Waals surface area (Å²) in [5.74, 6) is -0.0320. The summed E-state index contributed by atoms with van der Waals surface area (Å²) in [6.07, 6.45) is 6.32. The summed E-state index contributed by atoms with van der Waals surface area (Å²) in [5, 5.41) is 11.2. The molecule has 0 fully saturated rings. The first kappa shape index (κ1) is 13.8. The Balaban J connectivity index is 1.67. The van der Waals surface area contributed by atoms with Crippen LogP contribution in [0.1, 0.15) is 12.1 Å². The second kappa shape index (κ2) is 6.51. The molecule has 0 aliphatic heterocycles. The van der Waals surface area contributed by atoms with Crippen LogP contribution in [-0.4, -0.2) is 32.0 Å². The molecule has 0 spiro atoms. The first-order valence-corrected chi connectivity index (χ1v) is 6.88. The predicted molar refractivity (Wildman–Crippen MR) is 74.5 cm³/mol. The summed E-state index contributed by atoms with van der Waals surface area (Å²) in [4.78, 5) is 11.7. The maximum atomic E-state index is 11.7. The third-order valence-corrected chi connectivity index (χ3v) is 3.42. The lowest BCUT2D eigenvalue weighted by atomic mass is 10.4. The molecule has 2 rings (SSSR count). The number of hydrogen-bond donors (Lipinski definition) is 1. The van der Waals surface area contributed by atoms with Gasteiger partial charge in [0.15, 0.2) is 0 Å². The number of aryl methyl sites for hydroxylation is 2. The molecule has 1 amide bonds. The Hall–Kier alpha value is -1.63. The summed E-state index contributed by atoms with van der Waals surface area (Å²) < 4.78 is 4.39. The summed E-state index contributed by atoms with van der Waals surface area (Å²) in [5.41, 5.74) is 0.881. The molecule has 0 atom stereocenters. The van der Waals surface area contributed by atoms with Crippen molar-refractivity contribution in [3.05, 3.63) is 34.8 Å². The van der Waals surface area contributed by atoms with Crippen LogP contribution in [0.5, 0.6) is 0 Å². The number of nitrogens with one attached hydrogen (secondary N) is 1. The van der Waals surface area contributed by atoms with Crippen LogP contribution >= 0.6 is 15.9 Å². The molecule has 7 heteroatoms. The SMILES string of the molecule is Cc1nn(CC(=O)NCCCn2cccn2)cc1Br. The molecule has 19 heavy (non-hydrogen) atoms. The van der Waals surface area contributed by atoms with E-state index in [0.717, 1.165) is 23.1 Å². The maximum absolute atomic E-state index is 11.7. The van der Waals surface area contributed by atoms with E-state index in [1.807, 2.05) is 23.9 Å². The van der Waals surface area contributed by atoms with Crippen LogP contribution in [-0.2, 0) is 17.9 Å². The average Bonchev–Trinajstić information content (AvgIpc) is 2.96. The smallest absolute Gasteiger partial charge is 0.241 e. The zero-order valence-corrected chi connectivity index (χ0v) is 12.3. The van der Waals surface area contributed by atoms with Crippen molar-refractivity contribution in [1.29, 1.82) is 0 Å². The van der Waals surface area contributed by atoms with Gasteiger partial charge in [-0.3, -0.25) is 14.2 Å². The third kappa shape index (κ3) is 4.20. The highest BCUT2D eigenvalue weighted by Gasteiger charge is 2.06. The van der Waals surface area contributed by atoms with Gasteiger partial charge in [-0.2, -0.15) is 10.2 Å². The molecule has 6 nitrogen and oxygen atoms in total. The standard InChI is InChI=1S/C12H16BrN5O/c1-10-11(13)8-18(16-10)9-12(19)14-4-2-6-17-7-3-5-15-17/h3,5,7-8H,2,4,6,9H2,1H3,(H,14,19). The summed E-state index contributed by atoms with van der Waals surface area (Å²) in [7, 11) is 0. The van der Waals surface area contributed by atoms with Crippen LogP contribution in [0, 0.1) is 6.92 Å². The Bertz CT molecular complexity index is 515. The fourth-order valence-electron chi connectivity index (χ4n) is 1.68. The monoisotopic (exact) mass is 325 g/mol. The molecule has 0 aliphatic rings. The van der Waals surface area contributed by atoms with E-state index in [2.05, 4.69) is 31.4 Å². The van der Waals surface area contributed by atoms with Crippen molar-refractivity contribution in [2.75, 3.05) is 6.54 Å². The summed E-state index contributed by atoms with van der Waals surface area (Å²) >= 11 is 3.37. The molecule has 0 aromatic carbocycles. The number of carbonyl (C=O) groups excluding carboxylic acids is 1. The summed E-state index contributed by atoms with van der Waals surface area (Å²) in [6.45, 7) is 3.58. The molecule has 0 saturated carbocycles. The molecule has 0 unspecified atom stereocenters. The van der Waals surface area contributed by atoms with E-state index in [4.69, 9.17) is 0 Å². The van der Waals surface area contributed by atoms with Gasteiger partial charge in [0, 0.05) is 31.7 Å². The zero-order valence-electron chi connectivity index (χ0n) is 10.7. The highest BCUT2D eigenvalue weighted by Crippen LogP contribution is 2.12. The highest BCUT2D eigenvalue weighted by atomic mass is 79.9. The molecule has 102 valence electrons. The van der Waals surface area contributed by atoms with Crippen LogP contribution in [0.4, 0.5) is 0 Å². The minimum absolute atomic E-state index is 0.0320. The number of halogens is 1. The molecule has 2 aromatic heterocycles. The van der Waals surface area contributed by atoms with E-state index < -0.39 is 0 Å². The number of hydrogen-bond acceptors (Lipinski definition) is 3. The van der Waals surface area contributed by atoms with Crippen LogP contribution in [0.2, 0.25) is 0 Å². The van der Waals surface area contributed by atoms with Gasteiger partial charge >= 0.3 is 0 Å². The molecule has 0 bridgehead atoms. The molecule has 0 saturated heterocycles. The van der Waals surface area contributed by atoms with Gasteiger partial charge in [0.2, 0.25) is 5.91 Å². The van der Waals surface area contributed by atoms with Crippen molar-refractivity contribution < 1.29 is 4.79 Å². The Morgan fingerprint density at radius 1 is 1.47 bits per heavy atom. The molecule has 0 aliphatic carbocycles. The normalized spacial score (nSPS) is 10.6. The number of carbonyl (C=O) groups is 1. The van der Waals surface area contributed by atoms with Crippen molar-refractivity contribution >= 4 is 21.8 Å². The van der Waals surface area contributed by atoms with Gasteiger partial charge in [0.05, 0.1) is 10.2 Å². The predicted octanol–water partition coefficient (Wildman–Crippen LogP) is 1.36. The molecule has 2 aromatic rings. The van der Waals surface area contributed by atoms with Crippen molar-refractivity contribution in [3.63, 3.8) is 0 Å². The zero-order chi connectivity index (χ0) is 13.7. The molecule has 2 heterocycles. The molecule has 0 radical (unpaired) electrons. The quantitative estimate of drug-likeness (QED) is 0.815. The lowest BCUT2D eigenvalue weighted by molar-refractivity contribution is -0.121. The largest absolute Gasteiger partial charge is 0.354 e. The fraction of sp³-hybridized carbons (Fsp3) is 0.417. The topological polar surface area (TPSA) is 64.7 Å². The number of nitrogens with zero attached hydrogens (tertiary/aromatic N) is 4. The summed E-state index contributed by atoms with van der Waals surface area (Å²) in [6, 6.07) is 1.89. The van der Waals surface area contributed by atoms with E-state index in [0.29, 0.717) is 6.54 Å². The van der Waals surface area contributed by atoms with Gasteiger partial charge < -0.3 is 5.32 Å².